The standard InChI is InChI=1S/C12H25N3O2.HI/c1-10-7-15(5-6-17-10)11(13)14-8-12(2,3)9-16-4;/h10H,5-9H2,1-4H3,(H2,13,14);1H. The third kappa shape index (κ3) is 6.19. The van der Waals surface area contributed by atoms with Crippen LogP contribution in [0, 0.1) is 5.41 Å². The molecule has 1 saturated heterocycles. The van der Waals surface area contributed by atoms with Gasteiger partial charge in [-0.15, -0.1) is 24.0 Å². The van der Waals surface area contributed by atoms with Gasteiger partial charge in [0.05, 0.1) is 25.9 Å². The molecular formula is C12H26IN3O2. The zero-order valence-electron chi connectivity index (χ0n) is 11.8. The molecule has 1 fully saturated rings. The van der Waals surface area contributed by atoms with E-state index >= 15 is 0 Å². The molecule has 0 saturated carbocycles. The molecule has 0 bridgehead atoms. The average Bonchev–Trinajstić information content (AvgIpc) is 2.26. The number of rotatable bonds is 4. The predicted octanol–water partition coefficient (Wildman–Crippen LogP) is 1.31. The maximum Gasteiger partial charge on any atom is 0.191 e. The Labute approximate surface area is 127 Å². The lowest BCUT2D eigenvalue weighted by Crippen LogP contribution is -2.48. The van der Waals surface area contributed by atoms with Crippen molar-refractivity contribution in [2.24, 2.45) is 16.1 Å². The molecule has 1 aliphatic heterocycles. The quantitative estimate of drug-likeness (QED) is 0.460. The van der Waals surface area contributed by atoms with Crippen molar-refractivity contribution in [2.45, 2.75) is 26.9 Å². The normalized spacial score (nSPS) is 21.7. The Hall–Kier alpha value is -0.0800. The molecule has 5 nitrogen and oxygen atoms in total. The summed E-state index contributed by atoms with van der Waals surface area (Å²) in [6, 6.07) is 0. The van der Waals surface area contributed by atoms with Gasteiger partial charge in [-0.3, -0.25) is 4.99 Å². The first-order valence-corrected chi connectivity index (χ1v) is 6.10. The molecule has 1 atom stereocenters. The van der Waals surface area contributed by atoms with Gasteiger partial charge in [-0.05, 0) is 6.92 Å². The van der Waals surface area contributed by atoms with E-state index in [0.29, 0.717) is 19.1 Å². The van der Waals surface area contributed by atoms with Gasteiger partial charge in [-0.2, -0.15) is 0 Å². The largest absolute Gasteiger partial charge is 0.384 e. The van der Waals surface area contributed by atoms with Gasteiger partial charge >= 0.3 is 0 Å². The fraction of sp³-hybridized carbons (Fsp3) is 0.917. The van der Waals surface area contributed by atoms with Gasteiger partial charge in [0, 0.05) is 25.6 Å². The van der Waals surface area contributed by atoms with E-state index in [4.69, 9.17) is 15.2 Å². The van der Waals surface area contributed by atoms with Crippen LogP contribution < -0.4 is 5.73 Å². The van der Waals surface area contributed by atoms with Crippen molar-refractivity contribution in [1.29, 1.82) is 0 Å². The summed E-state index contributed by atoms with van der Waals surface area (Å²) in [5.41, 5.74) is 6.02. The maximum atomic E-state index is 5.99. The molecular weight excluding hydrogens is 345 g/mol. The van der Waals surface area contributed by atoms with E-state index in [9.17, 15) is 0 Å². The second-order valence-corrected chi connectivity index (χ2v) is 5.40. The minimum atomic E-state index is 0. The Balaban J connectivity index is 0.00000289. The monoisotopic (exact) mass is 371 g/mol. The summed E-state index contributed by atoms with van der Waals surface area (Å²) in [4.78, 5) is 6.54. The molecule has 0 aromatic heterocycles. The topological polar surface area (TPSA) is 60.1 Å². The van der Waals surface area contributed by atoms with Crippen LogP contribution in [0.25, 0.3) is 0 Å². The van der Waals surface area contributed by atoms with Crippen LogP contribution in [0.3, 0.4) is 0 Å². The molecule has 1 unspecified atom stereocenters. The number of nitrogens with two attached hydrogens (primary N) is 1. The second kappa shape index (κ2) is 8.16. The number of nitrogens with zero attached hydrogens (tertiary/aromatic N) is 2. The van der Waals surface area contributed by atoms with E-state index in [0.717, 1.165) is 19.7 Å². The zero-order chi connectivity index (χ0) is 12.9. The number of guanidine groups is 1. The van der Waals surface area contributed by atoms with Gasteiger partial charge in [-0.25, -0.2) is 0 Å². The number of halogens is 1. The van der Waals surface area contributed by atoms with Crippen LogP contribution in [-0.4, -0.2) is 56.9 Å². The SMILES string of the molecule is COCC(C)(C)CN=C(N)N1CCOC(C)C1.I. The summed E-state index contributed by atoms with van der Waals surface area (Å²) in [6.45, 7) is 10.0. The van der Waals surface area contributed by atoms with E-state index in [2.05, 4.69) is 23.7 Å². The average molecular weight is 371 g/mol. The van der Waals surface area contributed by atoms with Crippen molar-refractivity contribution in [1.82, 2.24) is 4.90 Å². The van der Waals surface area contributed by atoms with Crippen LogP contribution in [0.15, 0.2) is 4.99 Å². The third-order valence-corrected chi connectivity index (χ3v) is 2.77. The fourth-order valence-corrected chi connectivity index (χ4v) is 1.86. The molecule has 0 aromatic rings. The van der Waals surface area contributed by atoms with Crippen LogP contribution in [0.4, 0.5) is 0 Å². The first kappa shape index (κ1) is 17.9. The van der Waals surface area contributed by atoms with Crippen molar-refractivity contribution in [3.8, 4) is 0 Å². The summed E-state index contributed by atoms with van der Waals surface area (Å²) < 4.78 is 10.6. The highest BCUT2D eigenvalue weighted by Crippen LogP contribution is 2.15. The van der Waals surface area contributed by atoms with Crippen LogP contribution in [0.1, 0.15) is 20.8 Å². The van der Waals surface area contributed by atoms with Crippen LogP contribution in [0.5, 0.6) is 0 Å². The Morgan fingerprint density at radius 1 is 1.56 bits per heavy atom. The Kier molecular flexibility index (Phi) is 8.13. The number of morpholine rings is 1. The maximum absolute atomic E-state index is 5.99. The van der Waals surface area contributed by atoms with Crippen molar-refractivity contribution >= 4 is 29.9 Å². The van der Waals surface area contributed by atoms with Gasteiger partial charge in [0.25, 0.3) is 0 Å². The first-order chi connectivity index (χ1) is 7.94. The zero-order valence-corrected chi connectivity index (χ0v) is 14.1. The fourth-order valence-electron chi connectivity index (χ4n) is 1.86. The minimum absolute atomic E-state index is 0. The van der Waals surface area contributed by atoms with Crippen molar-refractivity contribution in [3.63, 3.8) is 0 Å². The lowest BCUT2D eigenvalue weighted by molar-refractivity contribution is 0.00518. The molecule has 0 radical (unpaired) electrons. The van der Waals surface area contributed by atoms with Crippen molar-refractivity contribution in [2.75, 3.05) is 40.0 Å². The van der Waals surface area contributed by atoms with Gasteiger partial charge in [0.1, 0.15) is 0 Å². The second-order valence-electron chi connectivity index (χ2n) is 5.40. The lowest BCUT2D eigenvalue weighted by atomic mass is 9.95. The Morgan fingerprint density at radius 3 is 2.78 bits per heavy atom. The highest BCUT2D eigenvalue weighted by atomic mass is 127. The summed E-state index contributed by atoms with van der Waals surface area (Å²) in [7, 11) is 1.71. The Morgan fingerprint density at radius 2 is 2.22 bits per heavy atom. The number of ether oxygens (including phenoxy) is 2. The van der Waals surface area contributed by atoms with Crippen molar-refractivity contribution in [3.05, 3.63) is 0 Å². The summed E-state index contributed by atoms with van der Waals surface area (Å²) in [6.07, 6.45) is 0.226. The molecule has 0 amide bonds. The summed E-state index contributed by atoms with van der Waals surface area (Å²) in [5, 5.41) is 0. The molecule has 0 spiro atoms. The van der Waals surface area contributed by atoms with Gasteiger partial charge in [0.15, 0.2) is 5.96 Å². The number of methoxy groups -OCH3 is 1. The molecule has 0 aliphatic carbocycles. The van der Waals surface area contributed by atoms with E-state index in [1.165, 1.54) is 0 Å². The molecule has 108 valence electrons. The number of hydrogen-bond donors (Lipinski definition) is 1. The van der Waals surface area contributed by atoms with E-state index < -0.39 is 0 Å². The van der Waals surface area contributed by atoms with Gasteiger partial charge < -0.3 is 20.1 Å². The van der Waals surface area contributed by atoms with Crippen LogP contribution in [0.2, 0.25) is 0 Å². The van der Waals surface area contributed by atoms with E-state index in [1.54, 1.807) is 7.11 Å². The highest BCUT2D eigenvalue weighted by molar-refractivity contribution is 14.0. The van der Waals surface area contributed by atoms with Crippen LogP contribution in [-0.2, 0) is 9.47 Å². The minimum Gasteiger partial charge on any atom is -0.384 e. The van der Waals surface area contributed by atoms with Crippen molar-refractivity contribution < 1.29 is 9.47 Å². The molecule has 1 heterocycles. The lowest BCUT2D eigenvalue weighted by Gasteiger charge is -2.32. The van der Waals surface area contributed by atoms with E-state index in [1.807, 2.05) is 6.92 Å². The first-order valence-electron chi connectivity index (χ1n) is 6.10. The Bertz CT molecular complexity index is 272. The summed E-state index contributed by atoms with van der Waals surface area (Å²) >= 11 is 0. The number of aliphatic imine (C=N–C) groups is 1. The predicted molar refractivity (Wildman–Crippen MR) is 84.5 cm³/mol. The van der Waals surface area contributed by atoms with Crippen LogP contribution >= 0.6 is 24.0 Å². The third-order valence-electron chi connectivity index (χ3n) is 2.77. The molecule has 1 rings (SSSR count). The molecule has 18 heavy (non-hydrogen) atoms. The van der Waals surface area contributed by atoms with E-state index in [-0.39, 0.29) is 35.5 Å². The molecule has 6 heteroatoms. The highest BCUT2D eigenvalue weighted by Gasteiger charge is 2.20. The molecule has 2 N–H and O–H groups in total. The summed E-state index contributed by atoms with van der Waals surface area (Å²) in [5.74, 6) is 0.615. The molecule has 1 aliphatic rings. The van der Waals surface area contributed by atoms with Gasteiger partial charge in [0.2, 0.25) is 0 Å². The number of hydrogen-bond acceptors (Lipinski definition) is 3. The molecule has 0 aromatic carbocycles. The smallest absolute Gasteiger partial charge is 0.191 e. The van der Waals surface area contributed by atoms with Gasteiger partial charge in [-0.1, -0.05) is 13.8 Å².